The van der Waals surface area contributed by atoms with Gasteiger partial charge in [0.05, 0.1) is 5.39 Å². The van der Waals surface area contributed by atoms with E-state index in [-0.39, 0.29) is 11.5 Å². The highest BCUT2D eigenvalue weighted by atomic mass is 19.4. The van der Waals surface area contributed by atoms with E-state index < -0.39 is 41.0 Å². The average Bonchev–Trinajstić information content (AvgIpc) is 2.46. The Morgan fingerprint density at radius 2 is 1.52 bits per heavy atom. The third-order valence-electron chi connectivity index (χ3n) is 3.03. The molecule has 10 heteroatoms. The Bertz CT molecular complexity index is 781. The van der Waals surface area contributed by atoms with Gasteiger partial charge in [0.2, 0.25) is 0 Å². The number of alkyl halides is 8. The van der Waals surface area contributed by atoms with Gasteiger partial charge in [-0.2, -0.15) is 26.3 Å². The molecule has 0 saturated carbocycles. The summed E-state index contributed by atoms with van der Waals surface area (Å²) >= 11 is 0. The van der Waals surface area contributed by atoms with E-state index in [1.54, 1.807) is 0 Å². The number of rotatable bonds is 4. The van der Waals surface area contributed by atoms with Gasteiger partial charge < -0.3 is 4.42 Å². The van der Waals surface area contributed by atoms with Crippen molar-refractivity contribution in [2.45, 2.75) is 24.2 Å². The zero-order valence-corrected chi connectivity index (χ0v) is 10.8. The maximum Gasteiger partial charge on any atom is 0.385 e. The third-order valence-corrected chi connectivity index (χ3v) is 3.03. The summed E-state index contributed by atoms with van der Waals surface area (Å²) < 4.78 is 108. The molecule has 0 fully saturated rings. The molecule has 1 aromatic carbocycles. The number of halogens is 8. The quantitative estimate of drug-likeness (QED) is 0.767. The lowest BCUT2D eigenvalue weighted by atomic mass is 10.0. The van der Waals surface area contributed by atoms with E-state index in [4.69, 9.17) is 0 Å². The molecule has 0 amide bonds. The minimum atomic E-state index is -6.48. The molecule has 1 aromatic heterocycles. The molecule has 0 aliphatic carbocycles. The second kappa shape index (κ2) is 5.20. The van der Waals surface area contributed by atoms with Gasteiger partial charge in [-0.25, -0.2) is 8.78 Å². The second-order valence-corrected chi connectivity index (χ2v) is 4.54. The fraction of sp³-hybridized carbons (Fsp3) is 0.308. The van der Waals surface area contributed by atoms with E-state index in [0.717, 1.165) is 12.1 Å². The largest absolute Gasteiger partial charge is 0.454 e. The Hall–Kier alpha value is -2.13. The number of benzene rings is 1. The number of para-hydroxylation sites is 1. The van der Waals surface area contributed by atoms with Crippen molar-refractivity contribution >= 4 is 11.0 Å². The lowest BCUT2D eigenvalue weighted by molar-refractivity contribution is -0.347. The first-order valence-corrected chi connectivity index (χ1v) is 5.88. The molecule has 0 atom stereocenters. The van der Waals surface area contributed by atoms with Crippen molar-refractivity contribution in [3.05, 3.63) is 46.3 Å². The van der Waals surface area contributed by atoms with Gasteiger partial charge in [0.15, 0.2) is 11.2 Å². The average molecular weight is 346 g/mol. The van der Waals surface area contributed by atoms with Gasteiger partial charge >= 0.3 is 24.2 Å². The summed E-state index contributed by atoms with van der Waals surface area (Å²) in [6, 6.07) is 4.47. The molecule has 0 bridgehead atoms. The first-order valence-electron chi connectivity index (χ1n) is 5.88. The van der Waals surface area contributed by atoms with Gasteiger partial charge in [-0.1, -0.05) is 12.1 Å². The van der Waals surface area contributed by atoms with E-state index in [0.29, 0.717) is 0 Å². The highest BCUT2D eigenvalue weighted by Crippen LogP contribution is 2.53. The van der Waals surface area contributed by atoms with Gasteiger partial charge in [-0.05, 0) is 12.1 Å². The Balaban J connectivity index is 2.66. The monoisotopic (exact) mass is 346 g/mol. The van der Waals surface area contributed by atoms with Crippen molar-refractivity contribution in [3.63, 3.8) is 0 Å². The van der Waals surface area contributed by atoms with Gasteiger partial charge in [0.1, 0.15) is 5.58 Å². The van der Waals surface area contributed by atoms with Crippen molar-refractivity contribution in [2.75, 3.05) is 0 Å². The number of fused-ring (bicyclic) bond motifs is 1. The molecule has 0 aliphatic heterocycles. The van der Waals surface area contributed by atoms with Crippen LogP contribution in [0.5, 0.6) is 0 Å². The third kappa shape index (κ3) is 2.45. The van der Waals surface area contributed by atoms with E-state index in [9.17, 15) is 39.9 Å². The van der Waals surface area contributed by atoms with Crippen LogP contribution in [0.15, 0.2) is 39.5 Å². The second-order valence-electron chi connectivity index (χ2n) is 4.54. The van der Waals surface area contributed by atoms with E-state index in [1.807, 2.05) is 0 Å². The summed E-state index contributed by atoms with van der Waals surface area (Å²) in [7, 11) is 0. The lowest BCUT2D eigenvalue weighted by Gasteiger charge is -2.31. The van der Waals surface area contributed by atoms with Crippen LogP contribution in [0.3, 0.4) is 0 Å². The van der Waals surface area contributed by atoms with Crippen LogP contribution in [0.1, 0.15) is 5.76 Å². The molecule has 0 radical (unpaired) electrons. The maximum atomic E-state index is 13.7. The molecular weight excluding hydrogens is 340 g/mol. The highest BCUT2D eigenvalue weighted by molar-refractivity contribution is 5.76. The van der Waals surface area contributed by atoms with Crippen LogP contribution < -0.4 is 5.43 Å². The molecule has 2 rings (SSSR count). The lowest BCUT2D eigenvalue weighted by Crippen LogP contribution is -2.56. The molecule has 0 aliphatic rings. The standard InChI is InChI=1S/C13H6F8O2/c14-10(15)12(18,19)13(20,21)11(16,17)9-5-7(22)6-3-1-2-4-8(6)23-9/h1-5,10H. The zero-order valence-electron chi connectivity index (χ0n) is 10.8. The molecule has 1 heterocycles. The van der Waals surface area contributed by atoms with Crippen LogP contribution >= 0.6 is 0 Å². The van der Waals surface area contributed by atoms with Gasteiger partial charge in [-0.3, -0.25) is 4.79 Å². The van der Waals surface area contributed by atoms with Crippen molar-refractivity contribution in [1.82, 2.24) is 0 Å². The zero-order chi connectivity index (χ0) is 17.6. The molecular formula is C13H6F8O2. The molecule has 2 aromatic rings. The molecule has 0 saturated heterocycles. The summed E-state index contributed by atoms with van der Waals surface area (Å²) in [5.41, 5.74) is -1.79. The Labute approximate surface area is 122 Å². The van der Waals surface area contributed by atoms with E-state index in [1.165, 1.54) is 12.1 Å². The first-order chi connectivity index (χ1) is 10.4. The maximum absolute atomic E-state index is 13.7. The predicted molar refractivity (Wildman–Crippen MR) is 62.3 cm³/mol. The molecule has 0 N–H and O–H groups in total. The minimum Gasteiger partial charge on any atom is -0.454 e. The summed E-state index contributed by atoms with van der Waals surface area (Å²) in [4.78, 5) is 11.6. The Morgan fingerprint density at radius 1 is 0.957 bits per heavy atom. The van der Waals surface area contributed by atoms with E-state index >= 15 is 0 Å². The van der Waals surface area contributed by atoms with Crippen molar-refractivity contribution in [2.24, 2.45) is 0 Å². The van der Waals surface area contributed by atoms with Crippen LogP contribution in [0, 0.1) is 0 Å². The fourth-order valence-corrected chi connectivity index (χ4v) is 1.76. The van der Waals surface area contributed by atoms with Crippen molar-refractivity contribution in [3.8, 4) is 0 Å². The topological polar surface area (TPSA) is 30.2 Å². The van der Waals surface area contributed by atoms with Crippen molar-refractivity contribution in [1.29, 1.82) is 0 Å². The van der Waals surface area contributed by atoms with Gasteiger partial charge in [0.25, 0.3) is 0 Å². The predicted octanol–water partition coefficient (Wildman–Crippen LogP) is 4.42. The Morgan fingerprint density at radius 3 is 2.09 bits per heavy atom. The smallest absolute Gasteiger partial charge is 0.385 e. The molecule has 126 valence electrons. The minimum absolute atomic E-state index is 0.127. The molecule has 23 heavy (non-hydrogen) atoms. The molecule has 2 nitrogen and oxygen atoms in total. The Kier molecular flexibility index (Phi) is 3.90. The fourth-order valence-electron chi connectivity index (χ4n) is 1.76. The van der Waals surface area contributed by atoms with Crippen LogP contribution in [-0.4, -0.2) is 18.3 Å². The summed E-state index contributed by atoms with van der Waals surface area (Å²) in [5, 5.41) is -0.268. The highest BCUT2D eigenvalue weighted by Gasteiger charge is 2.77. The normalized spacial score (nSPS) is 13.8. The number of hydrogen-bond donors (Lipinski definition) is 0. The summed E-state index contributed by atoms with van der Waals surface area (Å²) in [5.74, 6) is -20.8. The van der Waals surface area contributed by atoms with Gasteiger partial charge in [0, 0.05) is 6.07 Å². The van der Waals surface area contributed by atoms with Crippen LogP contribution in [0.25, 0.3) is 11.0 Å². The SMILES string of the molecule is O=c1cc(C(F)(F)C(F)(F)C(F)(F)C(F)F)oc2ccccc12. The van der Waals surface area contributed by atoms with Crippen LogP contribution in [-0.2, 0) is 5.92 Å². The van der Waals surface area contributed by atoms with Gasteiger partial charge in [-0.15, -0.1) is 0 Å². The summed E-state index contributed by atoms with van der Waals surface area (Å²) in [6.45, 7) is 0. The molecule has 0 spiro atoms. The van der Waals surface area contributed by atoms with Crippen molar-refractivity contribution < 1.29 is 39.5 Å². The van der Waals surface area contributed by atoms with Crippen LogP contribution in [0.4, 0.5) is 35.1 Å². The molecule has 0 unspecified atom stereocenters. The number of hydrogen-bond acceptors (Lipinski definition) is 2. The first kappa shape index (κ1) is 17.2. The summed E-state index contributed by atoms with van der Waals surface area (Å²) in [6.07, 6.45) is -5.05. The van der Waals surface area contributed by atoms with Crippen LogP contribution in [0.2, 0.25) is 0 Å². The van der Waals surface area contributed by atoms with E-state index in [2.05, 4.69) is 4.42 Å².